The van der Waals surface area contributed by atoms with E-state index < -0.39 is 19.9 Å². The molecule has 0 heterocycles. The molecule has 0 aromatic carbocycles. The molecule has 0 aliphatic rings. The smallest absolute Gasteiger partial charge is 0.457 e. The fraction of sp³-hybridized carbons (Fsp3) is 0.824. The first-order valence-electron chi connectivity index (χ1n) is 8.74. The molecule has 142 valence electrons. The van der Waals surface area contributed by atoms with Crippen molar-refractivity contribution in [2.75, 3.05) is 19.8 Å². The maximum atomic E-state index is 12.6. The topological polar surface area (TPSA) is 71.1 Å². The first kappa shape index (κ1) is 23.3. The number of hydrogen-bond donors (Lipinski definition) is 0. The zero-order valence-corrected chi connectivity index (χ0v) is 16.4. The standard InChI is InChI=1S/C17H33O6P/c1-6-8-10-12-20-24(19,21-13-11-9-7-2)22-14-16(5)23-17(18)15(3)4/h16H,3,6-14H2,1-2,4-5H3. The predicted octanol–water partition coefficient (Wildman–Crippen LogP) is 5.03. The highest BCUT2D eigenvalue weighted by Gasteiger charge is 2.28. The van der Waals surface area contributed by atoms with Crippen LogP contribution in [0, 0.1) is 0 Å². The Morgan fingerprint density at radius 2 is 1.50 bits per heavy atom. The number of rotatable bonds is 15. The van der Waals surface area contributed by atoms with Crippen LogP contribution in [0.4, 0.5) is 0 Å². The minimum Gasteiger partial charge on any atom is -0.457 e. The Balaban J connectivity index is 4.42. The summed E-state index contributed by atoms with van der Waals surface area (Å²) in [6, 6.07) is 0. The van der Waals surface area contributed by atoms with Gasteiger partial charge in [-0.15, -0.1) is 0 Å². The van der Waals surface area contributed by atoms with Gasteiger partial charge in [0.05, 0.1) is 19.8 Å². The molecule has 1 atom stereocenters. The number of phosphoric ester groups is 1. The lowest BCUT2D eigenvalue weighted by atomic mass is 10.3. The van der Waals surface area contributed by atoms with E-state index in [0.29, 0.717) is 18.8 Å². The molecule has 0 amide bonds. The quantitative estimate of drug-likeness (QED) is 0.176. The van der Waals surface area contributed by atoms with E-state index in [1.54, 1.807) is 13.8 Å². The molecule has 0 bridgehead atoms. The lowest BCUT2D eigenvalue weighted by Crippen LogP contribution is -2.20. The first-order valence-corrected chi connectivity index (χ1v) is 10.2. The van der Waals surface area contributed by atoms with E-state index in [-0.39, 0.29) is 6.61 Å². The molecule has 0 aromatic rings. The number of unbranched alkanes of at least 4 members (excludes halogenated alkanes) is 4. The van der Waals surface area contributed by atoms with Gasteiger partial charge in [0, 0.05) is 5.57 Å². The van der Waals surface area contributed by atoms with Crippen molar-refractivity contribution < 1.29 is 27.7 Å². The molecule has 6 nitrogen and oxygen atoms in total. The van der Waals surface area contributed by atoms with Gasteiger partial charge in [0.15, 0.2) is 0 Å². The van der Waals surface area contributed by atoms with Gasteiger partial charge in [-0.3, -0.25) is 13.6 Å². The molecule has 7 heteroatoms. The number of ether oxygens (including phenoxy) is 1. The largest absolute Gasteiger partial charge is 0.474 e. The van der Waals surface area contributed by atoms with E-state index >= 15 is 0 Å². The van der Waals surface area contributed by atoms with Gasteiger partial charge in [0.25, 0.3) is 0 Å². The first-order chi connectivity index (χ1) is 11.3. The van der Waals surface area contributed by atoms with Gasteiger partial charge in [-0.25, -0.2) is 9.36 Å². The average molecular weight is 364 g/mol. The number of carbonyl (C=O) groups excluding carboxylic acids is 1. The second-order valence-electron chi connectivity index (χ2n) is 5.82. The third kappa shape index (κ3) is 11.8. The molecule has 0 aliphatic carbocycles. The third-order valence-electron chi connectivity index (χ3n) is 3.12. The maximum absolute atomic E-state index is 12.6. The summed E-state index contributed by atoms with van der Waals surface area (Å²) in [6.07, 6.45) is 5.08. The second kappa shape index (κ2) is 13.6. The van der Waals surface area contributed by atoms with E-state index in [2.05, 4.69) is 20.4 Å². The summed E-state index contributed by atoms with van der Waals surface area (Å²) >= 11 is 0. The molecule has 0 radical (unpaired) electrons. The summed E-state index contributed by atoms with van der Waals surface area (Å²) in [5.41, 5.74) is 0.302. The van der Waals surface area contributed by atoms with Crippen molar-refractivity contribution in [1.29, 1.82) is 0 Å². The van der Waals surface area contributed by atoms with Crippen LogP contribution in [-0.4, -0.2) is 31.9 Å². The maximum Gasteiger partial charge on any atom is 0.474 e. The van der Waals surface area contributed by atoms with Gasteiger partial charge in [-0.05, 0) is 26.7 Å². The van der Waals surface area contributed by atoms with Gasteiger partial charge in [0.1, 0.15) is 6.10 Å². The minimum absolute atomic E-state index is 0.0577. The average Bonchev–Trinajstić information content (AvgIpc) is 2.54. The highest BCUT2D eigenvalue weighted by molar-refractivity contribution is 7.48. The summed E-state index contributed by atoms with van der Waals surface area (Å²) in [6.45, 7) is 11.5. The van der Waals surface area contributed by atoms with Crippen LogP contribution in [0.5, 0.6) is 0 Å². The van der Waals surface area contributed by atoms with Crippen molar-refractivity contribution in [1.82, 2.24) is 0 Å². The van der Waals surface area contributed by atoms with Crippen LogP contribution in [0.2, 0.25) is 0 Å². The third-order valence-corrected chi connectivity index (χ3v) is 4.58. The van der Waals surface area contributed by atoms with E-state index in [9.17, 15) is 9.36 Å². The number of phosphoric acid groups is 1. The summed E-state index contributed by atoms with van der Waals surface area (Å²) < 4.78 is 33.8. The number of esters is 1. The Bertz CT molecular complexity index is 394. The Labute approximate surface area is 146 Å². The zero-order valence-electron chi connectivity index (χ0n) is 15.5. The molecular formula is C17H33O6P. The van der Waals surface area contributed by atoms with Crippen molar-refractivity contribution in [2.45, 2.75) is 72.3 Å². The van der Waals surface area contributed by atoms with E-state index in [1.165, 1.54) is 0 Å². The fourth-order valence-electron chi connectivity index (χ4n) is 1.68. The molecule has 0 aromatic heterocycles. The van der Waals surface area contributed by atoms with Crippen molar-refractivity contribution in [3.05, 3.63) is 12.2 Å². The molecule has 0 aliphatic heterocycles. The van der Waals surface area contributed by atoms with Gasteiger partial charge in [-0.1, -0.05) is 46.1 Å². The van der Waals surface area contributed by atoms with Gasteiger partial charge in [-0.2, -0.15) is 0 Å². The van der Waals surface area contributed by atoms with Gasteiger partial charge < -0.3 is 4.74 Å². The predicted molar refractivity (Wildman–Crippen MR) is 94.9 cm³/mol. The van der Waals surface area contributed by atoms with E-state index in [0.717, 1.165) is 38.5 Å². The second-order valence-corrected chi connectivity index (χ2v) is 7.49. The SMILES string of the molecule is C=C(C)C(=O)OC(C)COP(=O)(OCCCCC)OCCCCC. The molecule has 24 heavy (non-hydrogen) atoms. The van der Waals surface area contributed by atoms with Crippen molar-refractivity contribution in [2.24, 2.45) is 0 Å². The monoisotopic (exact) mass is 364 g/mol. The summed E-state index contributed by atoms with van der Waals surface area (Å²) in [5, 5.41) is 0. The van der Waals surface area contributed by atoms with Gasteiger partial charge in [0.2, 0.25) is 0 Å². The molecule has 0 saturated carbocycles. The highest BCUT2D eigenvalue weighted by atomic mass is 31.2. The normalized spacial score (nSPS) is 12.8. The van der Waals surface area contributed by atoms with Crippen LogP contribution in [0.25, 0.3) is 0 Å². The Hall–Kier alpha value is -0.680. The Kier molecular flexibility index (Phi) is 13.2. The van der Waals surface area contributed by atoms with Crippen molar-refractivity contribution >= 4 is 13.8 Å². The molecule has 0 saturated heterocycles. The van der Waals surface area contributed by atoms with Crippen LogP contribution in [0.3, 0.4) is 0 Å². The van der Waals surface area contributed by atoms with Crippen molar-refractivity contribution in [3.8, 4) is 0 Å². The summed E-state index contributed by atoms with van der Waals surface area (Å²) in [7, 11) is -3.63. The molecule has 0 spiro atoms. The van der Waals surface area contributed by atoms with Crippen LogP contribution in [0.1, 0.15) is 66.2 Å². The van der Waals surface area contributed by atoms with Crippen LogP contribution in [0.15, 0.2) is 12.2 Å². The molecule has 0 fully saturated rings. The lowest BCUT2D eigenvalue weighted by Gasteiger charge is -2.20. The van der Waals surface area contributed by atoms with Crippen LogP contribution in [-0.2, 0) is 27.7 Å². The van der Waals surface area contributed by atoms with E-state index in [1.807, 2.05) is 0 Å². The van der Waals surface area contributed by atoms with Crippen LogP contribution >= 0.6 is 7.82 Å². The highest BCUT2D eigenvalue weighted by Crippen LogP contribution is 2.49. The Morgan fingerprint density at radius 3 is 1.92 bits per heavy atom. The number of hydrogen-bond acceptors (Lipinski definition) is 6. The van der Waals surface area contributed by atoms with Crippen LogP contribution < -0.4 is 0 Å². The van der Waals surface area contributed by atoms with E-state index in [4.69, 9.17) is 18.3 Å². The number of carbonyl (C=O) groups is 1. The molecule has 1 unspecified atom stereocenters. The lowest BCUT2D eigenvalue weighted by molar-refractivity contribution is -0.145. The van der Waals surface area contributed by atoms with Gasteiger partial charge >= 0.3 is 13.8 Å². The molecular weight excluding hydrogens is 331 g/mol. The summed E-state index contributed by atoms with van der Waals surface area (Å²) in [5.74, 6) is -0.506. The van der Waals surface area contributed by atoms with Crippen molar-refractivity contribution in [3.63, 3.8) is 0 Å². The molecule has 0 rings (SSSR count). The minimum atomic E-state index is -3.63. The fourth-order valence-corrected chi connectivity index (χ4v) is 3.00. The summed E-state index contributed by atoms with van der Waals surface area (Å²) in [4.78, 5) is 11.5. The zero-order chi connectivity index (χ0) is 18.4. The Morgan fingerprint density at radius 1 is 1.00 bits per heavy atom. The molecule has 0 N–H and O–H groups in total.